The third kappa shape index (κ3) is 5.05. The second kappa shape index (κ2) is 8.97. The molecular weight excluding hydrogens is 342 g/mol. The lowest BCUT2D eigenvalue weighted by Crippen LogP contribution is -2.46. The highest BCUT2D eigenvalue weighted by Gasteiger charge is 2.20. The zero-order valence-corrected chi connectivity index (χ0v) is 16.0. The van der Waals surface area contributed by atoms with E-state index in [0.717, 1.165) is 16.3 Å². The number of rotatable bonds is 6. The Kier molecular flexibility index (Phi) is 6.42. The van der Waals surface area contributed by atoms with Crippen molar-refractivity contribution in [1.82, 2.24) is 15.1 Å². The molecule has 1 heterocycles. The first-order valence-electron chi connectivity index (χ1n) is 9.35. The molecule has 1 N–H and O–H groups in total. The van der Waals surface area contributed by atoms with Crippen LogP contribution < -0.4 is 5.32 Å². The second-order valence-electron chi connectivity index (χ2n) is 7.02. The van der Waals surface area contributed by atoms with Gasteiger partial charge < -0.3 is 15.0 Å². The lowest BCUT2D eigenvalue weighted by atomic mass is 10.00. The maximum Gasteiger partial charge on any atom is 0.236 e. The van der Waals surface area contributed by atoms with Crippen LogP contribution in [-0.4, -0.2) is 68.1 Å². The van der Waals surface area contributed by atoms with Crippen LogP contribution in [-0.2, 0) is 14.3 Å². The molecule has 1 aliphatic rings. The molecular formula is C21H27N3O3. The molecule has 0 aromatic heterocycles. The predicted octanol–water partition coefficient (Wildman–Crippen LogP) is 1.81. The van der Waals surface area contributed by atoms with E-state index in [4.69, 9.17) is 4.74 Å². The third-order valence-corrected chi connectivity index (χ3v) is 4.85. The number of hydrogen-bond acceptors (Lipinski definition) is 4. The Morgan fingerprint density at radius 3 is 2.59 bits per heavy atom. The Bertz CT molecular complexity index is 797. The molecule has 6 heteroatoms. The largest absolute Gasteiger partial charge is 0.378 e. The molecule has 3 rings (SSSR count). The fraction of sp³-hybridized carbons (Fsp3) is 0.429. The summed E-state index contributed by atoms with van der Waals surface area (Å²) >= 11 is 0. The zero-order chi connectivity index (χ0) is 19.2. The van der Waals surface area contributed by atoms with Crippen LogP contribution in [0.4, 0.5) is 0 Å². The minimum absolute atomic E-state index is 0.0377. The number of amides is 2. The second-order valence-corrected chi connectivity index (χ2v) is 7.02. The van der Waals surface area contributed by atoms with E-state index >= 15 is 0 Å². The van der Waals surface area contributed by atoms with E-state index in [1.54, 1.807) is 16.8 Å². The number of likely N-dealkylation sites (N-methyl/N-ethyl adjacent to an activating group) is 1. The summed E-state index contributed by atoms with van der Waals surface area (Å²) in [7, 11) is 1.79. The average molecular weight is 369 g/mol. The van der Waals surface area contributed by atoms with Crippen LogP contribution in [0.25, 0.3) is 10.8 Å². The van der Waals surface area contributed by atoms with Gasteiger partial charge in [-0.2, -0.15) is 0 Å². The number of nitrogens with zero attached hydrogens (tertiary/aromatic N) is 2. The molecule has 27 heavy (non-hydrogen) atoms. The maximum atomic E-state index is 12.4. The quantitative estimate of drug-likeness (QED) is 0.844. The van der Waals surface area contributed by atoms with Gasteiger partial charge in [0.05, 0.1) is 32.3 Å². The smallest absolute Gasteiger partial charge is 0.236 e. The number of carbonyl (C=O) groups excluding carboxylic acids is 2. The molecule has 2 aromatic rings. The van der Waals surface area contributed by atoms with Gasteiger partial charge in [0, 0.05) is 13.1 Å². The van der Waals surface area contributed by atoms with E-state index in [2.05, 4.69) is 23.5 Å². The number of benzene rings is 2. The van der Waals surface area contributed by atoms with Gasteiger partial charge in [-0.25, -0.2) is 0 Å². The molecule has 0 aliphatic carbocycles. The normalized spacial score (nSPS) is 15.7. The standard InChI is InChI=1S/C21H27N3O3/c1-16(18-9-5-7-17-6-3-4-8-19(17)18)22-20(25)14-23(2)15-21(26)24-10-12-27-13-11-24/h3-9,16H,10-15H2,1-2H3,(H,22,25)/t16-/m1/s1. The first kappa shape index (κ1) is 19.3. The molecule has 1 aliphatic heterocycles. The summed E-state index contributed by atoms with van der Waals surface area (Å²) in [6, 6.07) is 14.2. The van der Waals surface area contributed by atoms with Crippen LogP contribution in [0, 0.1) is 0 Å². The summed E-state index contributed by atoms with van der Waals surface area (Å²) < 4.78 is 5.26. The summed E-state index contributed by atoms with van der Waals surface area (Å²) in [6.07, 6.45) is 0. The van der Waals surface area contributed by atoms with Crippen molar-refractivity contribution in [2.75, 3.05) is 46.4 Å². The van der Waals surface area contributed by atoms with Crippen LogP contribution in [0.2, 0.25) is 0 Å². The van der Waals surface area contributed by atoms with Crippen LogP contribution in [0.3, 0.4) is 0 Å². The van der Waals surface area contributed by atoms with E-state index in [-0.39, 0.29) is 30.9 Å². The summed E-state index contributed by atoms with van der Waals surface area (Å²) in [4.78, 5) is 28.3. The molecule has 0 unspecified atom stereocenters. The Balaban J connectivity index is 1.54. The minimum Gasteiger partial charge on any atom is -0.378 e. The van der Waals surface area contributed by atoms with Gasteiger partial charge in [0.25, 0.3) is 0 Å². The number of fused-ring (bicyclic) bond motifs is 1. The van der Waals surface area contributed by atoms with Crippen molar-refractivity contribution in [3.05, 3.63) is 48.0 Å². The van der Waals surface area contributed by atoms with E-state index in [0.29, 0.717) is 26.3 Å². The molecule has 0 radical (unpaired) electrons. The Morgan fingerprint density at radius 2 is 1.81 bits per heavy atom. The van der Waals surface area contributed by atoms with Gasteiger partial charge in [-0.15, -0.1) is 0 Å². The van der Waals surface area contributed by atoms with Crippen LogP contribution in [0.1, 0.15) is 18.5 Å². The maximum absolute atomic E-state index is 12.4. The Labute approximate surface area is 160 Å². The highest BCUT2D eigenvalue weighted by molar-refractivity contribution is 5.87. The summed E-state index contributed by atoms with van der Waals surface area (Å²) in [5, 5.41) is 5.35. The summed E-state index contributed by atoms with van der Waals surface area (Å²) in [5.74, 6) is -0.0524. The molecule has 0 saturated carbocycles. The topological polar surface area (TPSA) is 61.9 Å². The number of carbonyl (C=O) groups is 2. The summed E-state index contributed by atoms with van der Waals surface area (Å²) in [5.41, 5.74) is 1.09. The Hall–Kier alpha value is -2.44. The average Bonchev–Trinajstić information content (AvgIpc) is 2.67. The first-order chi connectivity index (χ1) is 13.0. The third-order valence-electron chi connectivity index (χ3n) is 4.85. The monoisotopic (exact) mass is 369 g/mol. The van der Waals surface area contributed by atoms with Gasteiger partial charge in [0.1, 0.15) is 0 Å². The van der Waals surface area contributed by atoms with E-state index < -0.39 is 0 Å². The van der Waals surface area contributed by atoms with Crippen molar-refractivity contribution < 1.29 is 14.3 Å². The van der Waals surface area contributed by atoms with Crippen molar-refractivity contribution >= 4 is 22.6 Å². The van der Waals surface area contributed by atoms with Crippen LogP contribution in [0.5, 0.6) is 0 Å². The van der Waals surface area contributed by atoms with Crippen molar-refractivity contribution in [2.45, 2.75) is 13.0 Å². The van der Waals surface area contributed by atoms with Crippen molar-refractivity contribution in [2.24, 2.45) is 0 Å². The fourth-order valence-corrected chi connectivity index (χ4v) is 3.44. The number of hydrogen-bond donors (Lipinski definition) is 1. The van der Waals surface area contributed by atoms with Gasteiger partial charge in [-0.05, 0) is 30.3 Å². The van der Waals surface area contributed by atoms with Gasteiger partial charge in [0.15, 0.2) is 0 Å². The molecule has 2 aromatic carbocycles. The van der Waals surface area contributed by atoms with E-state index in [1.165, 1.54) is 0 Å². The predicted molar refractivity (Wildman–Crippen MR) is 105 cm³/mol. The van der Waals surface area contributed by atoms with Gasteiger partial charge in [-0.1, -0.05) is 42.5 Å². The fourth-order valence-electron chi connectivity index (χ4n) is 3.44. The highest BCUT2D eigenvalue weighted by Crippen LogP contribution is 2.23. The molecule has 0 bridgehead atoms. The molecule has 1 fully saturated rings. The van der Waals surface area contributed by atoms with Crippen molar-refractivity contribution in [1.29, 1.82) is 0 Å². The number of ether oxygens (including phenoxy) is 1. The SMILES string of the molecule is C[C@@H](NC(=O)CN(C)CC(=O)N1CCOCC1)c1cccc2ccccc12. The lowest BCUT2D eigenvalue weighted by Gasteiger charge is -2.28. The molecule has 6 nitrogen and oxygen atoms in total. The zero-order valence-electron chi connectivity index (χ0n) is 16.0. The van der Waals surface area contributed by atoms with Crippen molar-refractivity contribution in [3.63, 3.8) is 0 Å². The van der Waals surface area contributed by atoms with Gasteiger partial charge >= 0.3 is 0 Å². The van der Waals surface area contributed by atoms with E-state index in [9.17, 15) is 9.59 Å². The molecule has 1 saturated heterocycles. The molecule has 0 spiro atoms. The van der Waals surface area contributed by atoms with Gasteiger partial charge in [0.2, 0.25) is 11.8 Å². The number of nitrogens with one attached hydrogen (secondary N) is 1. The van der Waals surface area contributed by atoms with Gasteiger partial charge in [-0.3, -0.25) is 14.5 Å². The highest BCUT2D eigenvalue weighted by atomic mass is 16.5. The minimum atomic E-state index is -0.105. The Morgan fingerprint density at radius 1 is 1.11 bits per heavy atom. The van der Waals surface area contributed by atoms with Crippen molar-refractivity contribution in [3.8, 4) is 0 Å². The van der Waals surface area contributed by atoms with E-state index in [1.807, 2.05) is 31.2 Å². The van der Waals surface area contributed by atoms with Crippen LogP contribution >= 0.6 is 0 Å². The molecule has 2 amide bonds. The lowest BCUT2D eigenvalue weighted by molar-refractivity contribution is -0.136. The molecule has 144 valence electrons. The summed E-state index contributed by atoms with van der Waals surface area (Å²) in [6.45, 7) is 4.81. The number of morpholine rings is 1. The first-order valence-corrected chi connectivity index (χ1v) is 9.35. The van der Waals surface area contributed by atoms with Crippen LogP contribution in [0.15, 0.2) is 42.5 Å². The molecule has 1 atom stereocenters.